The second-order valence-electron chi connectivity index (χ2n) is 5.23. The van der Waals surface area contributed by atoms with Crippen molar-refractivity contribution in [2.24, 2.45) is 0 Å². The number of H-pyrrole nitrogens is 1. The first-order chi connectivity index (χ1) is 10.8. The van der Waals surface area contributed by atoms with Crippen LogP contribution in [-0.2, 0) is 0 Å². The minimum atomic E-state index is -0.120. The molecule has 1 saturated heterocycles. The fourth-order valence-corrected chi connectivity index (χ4v) is 2.84. The van der Waals surface area contributed by atoms with Crippen LogP contribution in [0.15, 0.2) is 36.9 Å². The van der Waals surface area contributed by atoms with Crippen LogP contribution in [0.4, 0.5) is 0 Å². The van der Waals surface area contributed by atoms with E-state index in [1.54, 1.807) is 35.6 Å². The third kappa shape index (κ3) is 2.11. The van der Waals surface area contributed by atoms with Crippen molar-refractivity contribution in [2.75, 3.05) is 6.54 Å². The Morgan fingerprint density at radius 3 is 3.00 bits per heavy atom. The fraction of sp³-hybridized carbons (Fsp3) is 0.267. The zero-order chi connectivity index (χ0) is 14.9. The predicted molar refractivity (Wildman–Crippen MR) is 78.9 cm³/mol. The van der Waals surface area contributed by atoms with Gasteiger partial charge in [-0.1, -0.05) is 0 Å². The number of fused-ring (bicyclic) bond motifs is 1. The van der Waals surface area contributed by atoms with E-state index < -0.39 is 0 Å². The maximum absolute atomic E-state index is 12.8. The van der Waals surface area contributed by atoms with Gasteiger partial charge in [0.1, 0.15) is 11.2 Å². The molecule has 4 rings (SSSR count). The number of amides is 1. The molecule has 1 atom stereocenters. The molecule has 3 aromatic heterocycles. The minimum Gasteiger partial charge on any atom is -0.345 e. The molecule has 1 N–H and O–H groups in total. The van der Waals surface area contributed by atoms with E-state index in [0.29, 0.717) is 29.2 Å². The number of nitrogens with one attached hydrogen (secondary N) is 1. The number of nitrogens with zero attached hydrogens (tertiary/aromatic N) is 5. The molecule has 1 unspecified atom stereocenters. The van der Waals surface area contributed by atoms with Gasteiger partial charge < -0.3 is 9.88 Å². The highest BCUT2D eigenvalue weighted by Crippen LogP contribution is 2.30. The monoisotopic (exact) mass is 294 g/mol. The summed E-state index contributed by atoms with van der Waals surface area (Å²) in [7, 11) is 0. The molecular weight excluding hydrogens is 280 g/mol. The Balaban J connectivity index is 1.66. The zero-order valence-corrected chi connectivity index (χ0v) is 11.8. The Kier molecular flexibility index (Phi) is 3.03. The van der Waals surface area contributed by atoms with E-state index in [2.05, 4.69) is 24.9 Å². The van der Waals surface area contributed by atoms with Gasteiger partial charge in [-0.15, -0.1) is 0 Å². The van der Waals surface area contributed by atoms with Gasteiger partial charge in [0.15, 0.2) is 11.5 Å². The van der Waals surface area contributed by atoms with Crippen LogP contribution >= 0.6 is 0 Å². The number of carbonyl (C=O) groups is 1. The largest absolute Gasteiger partial charge is 0.345 e. The van der Waals surface area contributed by atoms with Gasteiger partial charge in [0, 0.05) is 25.1 Å². The van der Waals surface area contributed by atoms with Crippen LogP contribution in [-0.4, -0.2) is 42.3 Å². The van der Waals surface area contributed by atoms with E-state index in [0.717, 1.165) is 12.8 Å². The van der Waals surface area contributed by atoms with Crippen LogP contribution in [0.5, 0.6) is 0 Å². The second-order valence-corrected chi connectivity index (χ2v) is 5.23. The van der Waals surface area contributed by atoms with Gasteiger partial charge in [-0.05, 0) is 25.0 Å². The van der Waals surface area contributed by atoms with E-state index in [9.17, 15) is 4.79 Å². The fourth-order valence-electron chi connectivity index (χ4n) is 2.84. The number of carbonyl (C=O) groups excluding carboxylic acids is 1. The molecule has 110 valence electrons. The molecule has 1 amide bonds. The van der Waals surface area contributed by atoms with Crippen molar-refractivity contribution in [3.8, 4) is 0 Å². The lowest BCUT2D eigenvalue weighted by Gasteiger charge is -2.22. The Labute approximate surface area is 126 Å². The Morgan fingerprint density at radius 1 is 1.27 bits per heavy atom. The molecule has 1 fully saturated rings. The predicted octanol–water partition coefficient (Wildman–Crippen LogP) is 1.73. The highest BCUT2D eigenvalue weighted by molar-refractivity contribution is 5.94. The maximum atomic E-state index is 12.8. The van der Waals surface area contributed by atoms with E-state index in [4.69, 9.17) is 0 Å². The number of hydrogen-bond donors (Lipinski definition) is 1. The summed E-state index contributed by atoms with van der Waals surface area (Å²) in [5, 5.41) is 0. The summed E-state index contributed by atoms with van der Waals surface area (Å²) in [5.74, 6) is 0.564. The zero-order valence-electron chi connectivity index (χ0n) is 11.8. The molecule has 0 radical (unpaired) electrons. The van der Waals surface area contributed by atoms with Gasteiger partial charge in [0.25, 0.3) is 5.91 Å². The lowest BCUT2D eigenvalue weighted by atomic mass is 10.2. The smallest absolute Gasteiger partial charge is 0.274 e. The standard InChI is InChI=1S/C15H14N6O/c22-15(11-9-19-13-10(20-11)4-7-18-13)21-8-1-3-12(21)14-16-5-2-6-17-14/h2,4-7,9,12H,1,3,8H2,(H,18,19). The van der Waals surface area contributed by atoms with E-state index >= 15 is 0 Å². The van der Waals surface area contributed by atoms with Crippen molar-refractivity contribution in [2.45, 2.75) is 18.9 Å². The van der Waals surface area contributed by atoms with Crippen LogP contribution in [0.1, 0.15) is 35.2 Å². The number of hydrogen-bond acceptors (Lipinski definition) is 5. The van der Waals surface area contributed by atoms with Gasteiger partial charge in [0.05, 0.1) is 12.2 Å². The van der Waals surface area contributed by atoms with Crippen molar-refractivity contribution >= 4 is 17.1 Å². The molecule has 0 aliphatic carbocycles. The number of rotatable bonds is 2. The quantitative estimate of drug-likeness (QED) is 0.777. The number of likely N-dealkylation sites (tertiary alicyclic amines) is 1. The Hall–Kier alpha value is -2.83. The molecule has 0 saturated carbocycles. The van der Waals surface area contributed by atoms with E-state index in [-0.39, 0.29) is 11.9 Å². The highest BCUT2D eigenvalue weighted by Gasteiger charge is 2.33. The summed E-state index contributed by atoms with van der Waals surface area (Å²) in [6, 6.07) is 3.49. The van der Waals surface area contributed by atoms with Crippen LogP contribution < -0.4 is 0 Å². The molecule has 0 spiro atoms. The first-order valence-electron chi connectivity index (χ1n) is 7.21. The minimum absolute atomic E-state index is 0.0857. The first-order valence-corrected chi connectivity index (χ1v) is 7.21. The molecule has 7 nitrogen and oxygen atoms in total. The summed E-state index contributed by atoms with van der Waals surface area (Å²) in [5.41, 5.74) is 1.73. The van der Waals surface area contributed by atoms with Gasteiger partial charge in [-0.25, -0.2) is 19.9 Å². The Morgan fingerprint density at radius 2 is 2.14 bits per heavy atom. The lowest BCUT2D eigenvalue weighted by Crippen LogP contribution is -2.32. The number of aromatic amines is 1. The summed E-state index contributed by atoms with van der Waals surface area (Å²) >= 11 is 0. The second kappa shape index (κ2) is 5.18. The van der Waals surface area contributed by atoms with E-state index in [1.807, 2.05) is 0 Å². The molecule has 0 bridgehead atoms. The Bertz CT molecular complexity index is 815. The molecule has 0 aromatic carbocycles. The third-order valence-corrected chi connectivity index (χ3v) is 3.88. The first kappa shape index (κ1) is 12.9. The van der Waals surface area contributed by atoms with Gasteiger partial charge in [0.2, 0.25) is 0 Å². The lowest BCUT2D eigenvalue weighted by molar-refractivity contribution is 0.0724. The van der Waals surface area contributed by atoms with Crippen LogP contribution in [0.3, 0.4) is 0 Å². The van der Waals surface area contributed by atoms with Gasteiger partial charge in [-0.3, -0.25) is 4.79 Å². The van der Waals surface area contributed by atoms with Crippen LogP contribution in [0.2, 0.25) is 0 Å². The number of aromatic nitrogens is 5. The normalized spacial score (nSPS) is 18.0. The highest BCUT2D eigenvalue weighted by atomic mass is 16.2. The SMILES string of the molecule is O=C(c1cnc2[nH]ccc2n1)N1CCCC1c1ncccn1. The molecule has 4 heterocycles. The third-order valence-electron chi connectivity index (χ3n) is 3.88. The van der Waals surface area contributed by atoms with Gasteiger partial charge in [-0.2, -0.15) is 0 Å². The molecule has 3 aromatic rings. The molecule has 22 heavy (non-hydrogen) atoms. The van der Waals surface area contributed by atoms with Crippen LogP contribution in [0.25, 0.3) is 11.2 Å². The molecule has 1 aliphatic rings. The van der Waals surface area contributed by atoms with Gasteiger partial charge >= 0.3 is 0 Å². The van der Waals surface area contributed by atoms with E-state index in [1.165, 1.54) is 6.20 Å². The van der Waals surface area contributed by atoms with Crippen molar-refractivity contribution < 1.29 is 4.79 Å². The van der Waals surface area contributed by atoms with Crippen LogP contribution in [0, 0.1) is 0 Å². The summed E-state index contributed by atoms with van der Waals surface area (Å²) in [6.45, 7) is 0.689. The summed E-state index contributed by atoms with van der Waals surface area (Å²) in [4.78, 5) is 34.7. The average molecular weight is 294 g/mol. The maximum Gasteiger partial charge on any atom is 0.274 e. The van der Waals surface area contributed by atoms with Crippen molar-refractivity contribution in [1.82, 2.24) is 29.8 Å². The summed E-state index contributed by atoms with van der Waals surface area (Å²) < 4.78 is 0. The topological polar surface area (TPSA) is 87.7 Å². The average Bonchev–Trinajstić information content (AvgIpc) is 3.23. The molecule has 7 heteroatoms. The van der Waals surface area contributed by atoms with Crippen molar-refractivity contribution in [3.63, 3.8) is 0 Å². The summed E-state index contributed by atoms with van der Waals surface area (Å²) in [6.07, 6.45) is 8.49. The molecular formula is C15H14N6O. The molecule has 1 aliphatic heterocycles. The van der Waals surface area contributed by atoms with Crippen molar-refractivity contribution in [3.05, 3.63) is 48.4 Å². The van der Waals surface area contributed by atoms with Crippen molar-refractivity contribution in [1.29, 1.82) is 0 Å².